The minimum Gasteiger partial charge on any atom is -0.348 e. The second-order valence-corrected chi connectivity index (χ2v) is 11.3. The van der Waals surface area contributed by atoms with Crippen LogP contribution in [0.4, 0.5) is 11.4 Å². The summed E-state index contributed by atoms with van der Waals surface area (Å²) in [6, 6.07) is 7.50. The molecule has 2 aromatic carbocycles. The number of carbonyl (C=O) groups is 2. The SMILES string of the molecule is CN(C[C@H]1COC(C)(C)O1)C(=O)c1cc(-c2cc(C(=O)N(C)C[C@@H]3COC(C)(C)O3)cc([N+](=O)[O-])c2)cc([N+](=O)[O-])c1. The van der Waals surface area contributed by atoms with Crippen molar-refractivity contribution in [1.82, 2.24) is 9.80 Å². The van der Waals surface area contributed by atoms with Crippen molar-refractivity contribution < 1.29 is 38.4 Å². The van der Waals surface area contributed by atoms with E-state index in [1.54, 1.807) is 27.7 Å². The highest BCUT2D eigenvalue weighted by atomic mass is 16.7. The maximum atomic E-state index is 13.3. The predicted octanol–water partition coefficient (Wildman–Crippen LogP) is 3.62. The number of nitrogens with zero attached hydrogens (tertiary/aromatic N) is 4. The van der Waals surface area contributed by atoms with Crippen molar-refractivity contribution in [3.63, 3.8) is 0 Å². The first-order valence-corrected chi connectivity index (χ1v) is 13.3. The Morgan fingerprint density at radius 1 is 0.738 bits per heavy atom. The molecular formula is C28H34N4O10. The van der Waals surface area contributed by atoms with Gasteiger partial charge in [0, 0.05) is 62.6 Å². The summed E-state index contributed by atoms with van der Waals surface area (Å²) >= 11 is 0. The van der Waals surface area contributed by atoms with Crippen LogP contribution >= 0.6 is 0 Å². The standard InChI is InChI=1S/C28H34N4O10/c1-27(2)39-15-23(41-27)13-29(5)25(33)19-7-17(9-21(11-19)31(35)36)18-8-20(12-22(10-18)32(37)38)26(34)30(6)14-24-16-40-28(3,4)42-24/h7-12,23-24H,13-16H2,1-6H3/t23-,24+. The lowest BCUT2D eigenvalue weighted by atomic mass is 9.98. The maximum Gasteiger partial charge on any atom is 0.270 e. The van der Waals surface area contributed by atoms with Crippen LogP contribution in [0.3, 0.4) is 0 Å². The summed E-state index contributed by atoms with van der Waals surface area (Å²) in [6.07, 6.45) is -0.775. The Balaban J connectivity index is 1.64. The fourth-order valence-electron chi connectivity index (χ4n) is 4.94. The predicted molar refractivity (Wildman–Crippen MR) is 149 cm³/mol. The Hall–Kier alpha value is -3.98. The smallest absolute Gasteiger partial charge is 0.270 e. The highest BCUT2D eigenvalue weighted by Crippen LogP contribution is 2.32. The first kappa shape index (κ1) is 31.0. The van der Waals surface area contributed by atoms with Crippen molar-refractivity contribution in [3.8, 4) is 11.1 Å². The molecule has 226 valence electrons. The van der Waals surface area contributed by atoms with Gasteiger partial charge in [-0.25, -0.2) is 0 Å². The van der Waals surface area contributed by atoms with E-state index >= 15 is 0 Å². The molecule has 42 heavy (non-hydrogen) atoms. The fraction of sp³-hybridized carbons (Fsp3) is 0.500. The van der Waals surface area contributed by atoms with Crippen LogP contribution in [0.1, 0.15) is 48.4 Å². The number of likely N-dealkylation sites (N-methyl/N-ethyl adjacent to an activating group) is 2. The molecule has 0 radical (unpaired) electrons. The summed E-state index contributed by atoms with van der Waals surface area (Å²) in [5.41, 5.74) is -0.448. The molecule has 2 aliphatic heterocycles. The Bertz CT molecular complexity index is 1300. The normalized spacial score (nSPS) is 20.7. The second-order valence-electron chi connectivity index (χ2n) is 11.3. The molecular weight excluding hydrogens is 552 g/mol. The molecule has 0 unspecified atom stereocenters. The molecule has 0 bridgehead atoms. The van der Waals surface area contributed by atoms with Gasteiger partial charge < -0.3 is 28.7 Å². The van der Waals surface area contributed by atoms with E-state index in [0.717, 1.165) is 12.1 Å². The molecule has 2 heterocycles. The summed E-state index contributed by atoms with van der Waals surface area (Å²) in [4.78, 5) is 51.6. The van der Waals surface area contributed by atoms with Crippen LogP contribution in [-0.2, 0) is 18.9 Å². The van der Waals surface area contributed by atoms with E-state index in [2.05, 4.69) is 0 Å². The van der Waals surface area contributed by atoms with Crippen molar-refractivity contribution >= 4 is 23.2 Å². The molecule has 2 atom stereocenters. The van der Waals surface area contributed by atoms with E-state index in [9.17, 15) is 29.8 Å². The minimum absolute atomic E-state index is 0.00243. The minimum atomic E-state index is -0.785. The number of rotatable bonds is 9. The number of nitro groups is 2. The monoisotopic (exact) mass is 586 g/mol. The van der Waals surface area contributed by atoms with Gasteiger partial charge in [-0.2, -0.15) is 0 Å². The molecule has 0 N–H and O–H groups in total. The summed E-state index contributed by atoms with van der Waals surface area (Å²) in [6.45, 7) is 7.95. The maximum absolute atomic E-state index is 13.3. The molecule has 0 saturated carbocycles. The number of amides is 2. The van der Waals surface area contributed by atoms with E-state index in [1.165, 1.54) is 48.2 Å². The van der Waals surface area contributed by atoms with Gasteiger partial charge in [0.1, 0.15) is 12.2 Å². The third kappa shape index (κ3) is 7.26. The average Bonchev–Trinajstić information content (AvgIpc) is 3.45. The average molecular weight is 587 g/mol. The number of hydrogen-bond donors (Lipinski definition) is 0. The number of carbonyl (C=O) groups excluding carboxylic acids is 2. The van der Waals surface area contributed by atoms with Gasteiger partial charge in [-0.05, 0) is 51.0 Å². The molecule has 2 aromatic rings. The Kier molecular flexibility index (Phi) is 8.64. The zero-order valence-electron chi connectivity index (χ0n) is 24.3. The summed E-state index contributed by atoms with van der Waals surface area (Å²) in [5, 5.41) is 23.6. The summed E-state index contributed by atoms with van der Waals surface area (Å²) < 4.78 is 22.6. The third-order valence-corrected chi connectivity index (χ3v) is 6.87. The van der Waals surface area contributed by atoms with Crippen LogP contribution in [-0.4, -0.2) is 95.6 Å². The van der Waals surface area contributed by atoms with E-state index in [0.29, 0.717) is 0 Å². The lowest BCUT2D eigenvalue weighted by Gasteiger charge is -2.23. The number of nitro benzene ring substituents is 2. The van der Waals surface area contributed by atoms with Gasteiger partial charge in [-0.15, -0.1) is 0 Å². The molecule has 14 nitrogen and oxygen atoms in total. The van der Waals surface area contributed by atoms with Gasteiger partial charge in [0.15, 0.2) is 11.6 Å². The number of benzene rings is 2. The largest absolute Gasteiger partial charge is 0.348 e. The molecule has 0 aliphatic carbocycles. The van der Waals surface area contributed by atoms with Crippen molar-refractivity contribution in [2.45, 2.75) is 51.5 Å². The lowest BCUT2D eigenvalue weighted by Crippen LogP contribution is -2.36. The molecule has 4 rings (SSSR count). The first-order valence-electron chi connectivity index (χ1n) is 13.3. The number of hydrogen-bond acceptors (Lipinski definition) is 10. The second kappa shape index (κ2) is 11.7. The molecule has 0 spiro atoms. The first-order chi connectivity index (χ1) is 19.5. The zero-order valence-corrected chi connectivity index (χ0v) is 24.3. The van der Waals surface area contributed by atoms with Crippen LogP contribution in [0, 0.1) is 20.2 Å². The van der Waals surface area contributed by atoms with Crippen LogP contribution in [0.25, 0.3) is 11.1 Å². The Morgan fingerprint density at radius 2 is 1.10 bits per heavy atom. The molecule has 14 heteroatoms. The van der Waals surface area contributed by atoms with Crippen LogP contribution in [0.5, 0.6) is 0 Å². The van der Waals surface area contributed by atoms with E-state index in [-0.39, 0.29) is 72.1 Å². The van der Waals surface area contributed by atoms with Gasteiger partial charge in [-0.1, -0.05) is 0 Å². The van der Waals surface area contributed by atoms with Crippen molar-refractivity contribution in [1.29, 1.82) is 0 Å². The Labute approximate surface area is 242 Å². The van der Waals surface area contributed by atoms with Crippen LogP contribution in [0.15, 0.2) is 36.4 Å². The van der Waals surface area contributed by atoms with Gasteiger partial charge in [0.2, 0.25) is 0 Å². The molecule has 0 aromatic heterocycles. The van der Waals surface area contributed by atoms with Crippen molar-refractivity contribution in [3.05, 3.63) is 67.8 Å². The number of non-ortho nitro benzene ring substituents is 2. The topological polar surface area (TPSA) is 164 Å². The highest BCUT2D eigenvalue weighted by Gasteiger charge is 2.35. The molecule has 2 aliphatic rings. The van der Waals surface area contributed by atoms with Gasteiger partial charge in [0.25, 0.3) is 23.2 Å². The van der Waals surface area contributed by atoms with Crippen LogP contribution < -0.4 is 0 Å². The quantitative estimate of drug-likeness (QED) is 0.313. The Morgan fingerprint density at radius 3 is 1.38 bits per heavy atom. The third-order valence-electron chi connectivity index (χ3n) is 6.87. The van der Waals surface area contributed by atoms with Gasteiger partial charge in [0.05, 0.1) is 23.1 Å². The zero-order chi connectivity index (χ0) is 31.0. The summed E-state index contributed by atoms with van der Waals surface area (Å²) in [7, 11) is 3.07. The van der Waals surface area contributed by atoms with E-state index in [4.69, 9.17) is 18.9 Å². The van der Waals surface area contributed by atoms with Crippen molar-refractivity contribution in [2.24, 2.45) is 0 Å². The van der Waals surface area contributed by atoms with E-state index in [1.807, 2.05) is 0 Å². The lowest BCUT2D eigenvalue weighted by molar-refractivity contribution is -0.385. The van der Waals surface area contributed by atoms with Gasteiger partial charge in [-0.3, -0.25) is 29.8 Å². The molecule has 2 fully saturated rings. The van der Waals surface area contributed by atoms with E-state index < -0.39 is 33.2 Å². The highest BCUT2D eigenvalue weighted by molar-refractivity contribution is 5.98. The molecule has 2 amide bonds. The van der Waals surface area contributed by atoms with Crippen molar-refractivity contribution in [2.75, 3.05) is 40.4 Å². The summed E-state index contributed by atoms with van der Waals surface area (Å²) in [5.74, 6) is -2.60. The van der Waals surface area contributed by atoms with Crippen LogP contribution in [0.2, 0.25) is 0 Å². The fourth-order valence-corrected chi connectivity index (χ4v) is 4.94. The molecule has 2 saturated heterocycles. The number of ether oxygens (including phenoxy) is 4. The van der Waals surface area contributed by atoms with Gasteiger partial charge >= 0.3 is 0 Å².